The molecule has 0 spiro atoms. The van der Waals surface area contributed by atoms with Crippen molar-refractivity contribution in [1.29, 1.82) is 0 Å². The molecule has 3 aromatic rings. The van der Waals surface area contributed by atoms with Gasteiger partial charge in [-0.3, -0.25) is 4.98 Å². The first-order valence-corrected chi connectivity index (χ1v) is 6.15. The lowest BCUT2D eigenvalue weighted by molar-refractivity contribution is 1.07. The highest BCUT2D eigenvalue weighted by atomic mass is 15.1. The van der Waals surface area contributed by atoms with Gasteiger partial charge in [-0.1, -0.05) is 30.3 Å². The summed E-state index contributed by atoms with van der Waals surface area (Å²) in [5.41, 5.74) is 1.06. The molecular formula is C16H17N3. The highest BCUT2D eigenvalue weighted by Crippen LogP contribution is 2.07. The van der Waals surface area contributed by atoms with Crippen LogP contribution in [0.5, 0.6) is 0 Å². The van der Waals surface area contributed by atoms with E-state index in [-0.39, 0.29) is 0 Å². The predicted octanol–water partition coefficient (Wildman–Crippen LogP) is 3.38. The third kappa shape index (κ3) is 3.78. The molecule has 3 nitrogen and oxygen atoms in total. The number of nitrogens with zero attached hydrogens (tertiary/aromatic N) is 3. The standard InChI is InChI=1S/C9H7N.C7H10N2/c1-2-6-9-8(4-1)5-3-7-10-9;1-9(2)7-5-3-4-6-8-7/h1-7H;3-6H,1-2H3. The van der Waals surface area contributed by atoms with Crippen LogP contribution in [-0.2, 0) is 0 Å². The number of aromatic nitrogens is 2. The zero-order chi connectivity index (χ0) is 13.5. The molecule has 3 heteroatoms. The van der Waals surface area contributed by atoms with Gasteiger partial charge in [-0.25, -0.2) is 4.98 Å². The van der Waals surface area contributed by atoms with Gasteiger partial charge in [-0.05, 0) is 24.3 Å². The summed E-state index contributed by atoms with van der Waals surface area (Å²) >= 11 is 0. The summed E-state index contributed by atoms with van der Waals surface area (Å²) < 4.78 is 0. The van der Waals surface area contributed by atoms with E-state index in [1.807, 2.05) is 67.7 Å². The monoisotopic (exact) mass is 251 g/mol. The lowest BCUT2D eigenvalue weighted by Gasteiger charge is -2.08. The van der Waals surface area contributed by atoms with Gasteiger partial charge in [0.2, 0.25) is 0 Å². The van der Waals surface area contributed by atoms with Crippen molar-refractivity contribution in [2.24, 2.45) is 0 Å². The highest BCUT2D eigenvalue weighted by molar-refractivity contribution is 5.77. The van der Waals surface area contributed by atoms with Gasteiger partial charge in [0.15, 0.2) is 0 Å². The second kappa shape index (κ2) is 6.50. The van der Waals surface area contributed by atoms with Gasteiger partial charge < -0.3 is 4.90 Å². The number of hydrogen-bond donors (Lipinski definition) is 0. The number of pyridine rings is 2. The number of fused-ring (bicyclic) bond motifs is 1. The summed E-state index contributed by atoms with van der Waals surface area (Å²) in [4.78, 5) is 10.3. The van der Waals surface area contributed by atoms with E-state index in [4.69, 9.17) is 0 Å². The molecule has 0 aliphatic heterocycles. The van der Waals surface area contributed by atoms with E-state index >= 15 is 0 Å². The summed E-state index contributed by atoms with van der Waals surface area (Å²) in [5.74, 6) is 0.998. The third-order valence-electron chi connectivity index (χ3n) is 2.62. The zero-order valence-corrected chi connectivity index (χ0v) is 11.2. The first-order valence-electron chi connectivity index (χ1n) is 6.15. The molecule has 0 aliphatic rings. The maximum absolute atomic E-state index is 4.18. The second-order valence-corrected chi connectivity index (χ2v) is 4.28. The molecule has 2 heterocycles. The van der Waals surface area contributed by atoms with Crippen LogP contribution in [-0.4, -0.2) is 24.1 Å². The molecule has 0 aliphatic carbocycles. The summed E-state index contributed by atoms with van der Waals surface area (Å²) in [6.07, 6.45) is 3.59. The number of benzene rings is 1. The van der Waals surface area contributed by atoms with E-state index in [0.717, 1.165) is 11.3 Å². The van der Waals surface area contributed by atoms with E-state index in [1.165, 1.54) is 5.39 Å². The Morgan fingerprint density at radius 3 is 2.05 bits per heavy atom. The van der Waals surface area contributed by atoms with Crippen molar-refractivity contribution >= 4 is 16.7 Å². The molecular weight excluding hydrogens is 234 g/mol. The fourth-order valence-corrected chi connectivity index (χ4v) is 1.63. The van der Waals surface area contributed by atoms with Gasteiger partial charge in [0.25, 0.3) is 0 Å². The Hall–Kier alpha value is -2.42. The van der Waals surface area contributed by atoms with Gasteiger partial charge in [0.05, 0.1) is 5.52 Å². The molecule has 0 atom stereocenters. The molecule has 19 heavy (non-hydrogen) atoms. The first-order chi connectivity index (χ1) is 9.27. The first kappa shape index (κ1) is 13.0. The summed E-state index contributed by atoms with van der Waals surface area (Å²) in [5, 5.41) is 1.20. The minimum atomic E-state index is 0.998. The average molecular weight is 251 g/mol. The number of anilines is 1. The minimum absolute atomic E-state index is 0.998. The van der Waals surface area contributed by atoms with E-state index in [2.05, 4.69) is 22.1 Å². The van der Waals surface area contributed by atoms with Gasteiger partial charge in [0, 0.05) is 31.9 Å². The Kier molecular flexibility index (Phi) is 4.45. The predicted molar refractivity (Wildman–Crippen MR) is 80.3 cm³/mol. The van der Waals surface area contributed by atoms with Crippen LogP contribution in [0.3, 0.4) is 0 Å². The quantitative estimate of drug-likeness (QED) is 0.664. The Bertz CT molecular complexity index is 555. The molecule has 2 aromatic heterocycles. The molecule has 0 saturated carbocycles. The van der Waals surface area contributed by atoms with Crippen molar-refractivity contribution in [1.82, 2.24) is 9.97 Å². The molecule has 3 rings (SSSR count). The van der Waals surface area contributed by atoms with Crippen LogP contribution in [0.4, 0.5) is 5.82 Å². The van der Waals surface area contributed by atoms with Crippen LogP contribution >= 0.6 is 0 Å². The van der Waals surface area contributed by atoms with Gasteiger partial charge >= 0.3 is 0 Å². The molecule has 96 valence electrons. The van der Waals surface area contributed by atoms with Gasteiger partial charge in [-0.15, -0.1) is 0 Å². The lowest BCUT2D eigenvalue weighted by Crippen LogP contribution is -2.09. The van der Waals surface area contributed by atoms with Gasteiger partial charge in [-0.2, -0.15) is 0 Å². The topological polar surface area (TPSA) is 29.0 Å². The highest BCUT2D eigenvalue weighted by Gasteiger charge is 1.89. The molecule has 0 fully saturated rings. The smallest absolute Gasteiger partial charge is 0.127 e. The maximum Gasteiger partial charge on any atom is 0.127 e. The van der Waals surface area contributed by atoms with Crippen LogP contribution in [0.15, 0.2) is 67.0 Å². The van der Waals surface area contributed by atoms with E-state index < -0.39 is 0 Å². The van der Waals surface area contributed by atoms with Crippen molar-refractivity contribution in [3.05, 3.63) is 67.0 Å². The summed E-state index contributed by atoms with van der Waals surface area (Å²) in [6.45, 7) is 0. The van der Waals surface area contributed by atoms with Crippen molar-refractivity contribution < 1.29 is 0 Å². The maximum atomic E-state index is 4.18. The zero-order valence-electron chi connectivity index (χ0n) is 11.2. The summed E-state index contributed by atoms with van der Waals surface area (Å²) in [6, 6.07) is 17.9. The molecule has 0 unspecified atom stereocenters. The fraction of sp³-hybridized carbons (Fsp3) is 0.125. The van der Waals surface area contributed by atoms with E-state index in [0.29, 0.717) is 0 Å². The fourth-order valence-electron chi connectivity index (χ4n) is 1.63. The number of para-hydroxylation sites is 1. The van der Waals surface area contributed by atoms with Crippen LogP contribution in [0.2, 0.25) is 0 Å². The molecule has 0 radical (unpaired) electrons. The van der Waals surface area contributed by atoms with E-state index in [9.17, 15) is 0 Å². The molecule has 0 saturated heterocycles. The SMILES string of the molecule is CN(C)c1ccccn1.c1ccc2ncccc2c1. The Labute approximate surface area is 113 Å². The normalized spacial score (nSPS) is 9.58. The largest absolute Gasteiger partial charge is 0.363 e. The Balaban J connectivity index is 0.000000141. The van der Waals surface area contributed by atoms with Gasteiger partial charge in [0.1, 0.15) is 5.82 Å². The van der Waals surface area contributed by atoms with Crippen molar-refractivity contribution in [3.63, 3.8) is 0 Å². The van der Waals surface area contributed by atoms with Crippen LogP contribution in [0.25, 0.3) is 10.9 Å². The van der Waals surface area contributed by atoms with Crippen molar-refractivity contribution in [3.8, 4) is 0 Å². The minimum Gasteiger partial charge on any atom is -0.363 e. The number of hydrogen-bond acceptors (Lipinski definition) is 3. The third-order valence-corrected chi connectivity index (χ3v) is 2.62. The van der Waals surface area contributed by atoms with E-state index in [1.54, 1.807) is 6.20 Å². The average Bonchev–Trinajstić information content (AvgIpc) is 2.49. The van der Waals surface area contributed by atoms with Crippen LogP contribution in [0.1, 0.15) is 0 Å². The number of rotatable bonds is 1. The summed E-state index contributed by atoms with van der Waals surface area (Å²) in [7, 11) is 3.95. The van der Waals surface area contributed by atoms with Crippen LogP contribution < -0.4 is 4.90 Å². The Morgan fingerprint density at radius 2 is 1.42 bits per heavy atom. The lowest BCUT2D eigenvalue weighted by atomic mass is 10.2. The van der Waals surface area contributed by atoms with Crippen LogP contribution in [0, 0.1) is 0 Å². The molecule has 1 aromatic carbocycles. The molecule has 0 amide bonds. The molecule has 0 N–H and O–H groups in total. The van der Waals surface area contributed by atoms with Crippen molar-refractivity contribution in [2.75, 3.05) is 19.0 Å². The Morgan fingerprint density at radius 1 is 0.737 bits per heavy atom. The second-order valence-electron chi connectivity index (χ2n) is 4.28. The molecule has 0 bridgehead atoms. The van der Waals surface area contributed by atoms with Crippen molar-refractivity contribution in [2.45, 2.75) is 0 Å².